The van der Waals surface area contributed by atoms with Crippen LogP contribution in [0.5, 0.6) is 0 Å². The van der Waals surface area contributed by atoms with Gasteiger partial charge in [0.2, 0.25) is 0 Å². The topological polar surface area (TPSA) is 52.6 Å². The zero-order valence-corrected chi connectivity index (χ0v) is 16.2. The van der Waals surface area contributed by atoms with Gasteiger partial charge in [-0.05, 0) is 3.93 Å². The van der Waals surface area contributed by atoms with Crippen molar-refractivity contribution in [1.82, 2.24) is 0 Å². The molecule has 0 aromatic carbocycles. The van der Waals surface area contributed by atoms with Crippen LogP contribution < -0.4 is 0 Å². The molecule has 0 amide bonds. The molecule has 0 unspecified atom stereocenters. The number of carbonyl (C=O) groups excluding carboxylic acids is 2. The van der Waals surface area contributed by atoms with Crippen LogP contribution in [0.4, 0.5) is 0 Å². The van der Waals surface area contributed by atoms with Gasteiger partial charge in [0.15, 0.2) is 11.9 Å². The minimum atomic E-state index is -0.279. The molecule has 0 aliphatic carbocycles. The maximum absolute atomic E-state index is 10.7. The van der Waals surface area contributed by atoms with Gasteiger partial charge in [-0.15, -0.1) is 0 Å². The van der Waals surface area contributed by atoms with Crippen LogP contribution in [0.1, 0.15) is 27.7 Å². The van der Waals surface area contributed by atoms with Gasteiger partial charge in [0.05, 0.1) is 7.11 Å². The van der Waals surface area contributed by atoms with Crippen LogP contribution in [0.3, 0.4) is 0 Å². The Bertz CT molecular complexity index is 292. The fourth-order valence-corrected chi connectivity index (χ4v) is 0.633. The third kappa shape index (κ3) is 15.7. The second-order valence-corrected chi connectivity index (χ2v) is 3.88. The molecule has 0 radical (unpaired) electrons. The molecule has 0 atom stereocenters. The van der Waals surface area contributed by atoms with E-state index < -0.39 is 0 Å². The molecule has 0 bridgehead atoms. The molecule has 0 N–H and O–H groups in total. The van der Waals surface area contributed by atoms with Crippen LogP contribution >= 0.6 is 22.6 Å². The molecule has 0 aromatic rings. The number of halogens is 1. The third-order valence-electron chi connectivity index (χ3n) is 1.34. The fraction of sp³-hybridized carbons (Fsp3) is 0.500. The number of esters is 2. The van der Waals surface area contributed by atoms with E-state index in [1.54, 1.807) is 27.7 Å². The van der Waals surface area contributed by atoms with E-state index in [1.807, 2.05) is 22.6 Å². The van der Waals surface area contributed by atoms with Gasteiger partial charge in [-0.2, -0.15) is 27.7 Å². The predicted octanol–water partition coefficient (Wildman–Crippen LogP) is 2.31. The Morgan fingerprint density at radius 1 is 1.11 bits per heavy atom. The number of hydrogen-bond donors (Lipinski definition) is 0. The first-order chi connectivity index (χ1) is 7.86. The smallest absolute Gasteiger partial charge is 0.491 e. The molecule has 0 aliphatic heterocycles. The van der Waals surface area contributed by atoms with Crippen molar-refractivity contribution in [3.63, 3.8) is 0 Å². The average Bonchev–Trinajstić information content (AvgIpc) is 2.28. The Kier molecular flexibility index (Phi) is 18.6. The van der Waals surface area contributed by atoms with E-state index in [4.69, 9.17) is 0 Å². The molecule has 0 heterocycles. The molecule has 0 aromatic heterocycles. The molecule has 0 saturated carbocycles. The van der Waals surface area contributed by atoms with Crippen molar-refractivity contribution < 1.29 is 40.1 Å². The Morgan fingerprint density at radius 3 is 1.78 bits per heavy atom. The fourth-order valence-electron chi connectivity index (χ4n) is 0.477. The van der Waals surface area contributed by atoms with Crippen LogP contribution in [0, 0.1) is 21.7 Å². The third-order valence-corrected chi connectivity index (χ3v) is 1.73. The minimum absolute atomic E-state index is 0. The Balaban J connectivity index is -0.000000251. The Morgan fingerprint density at radius 2 is 1.56 bits per heavy atom. The number of carbonyl (C=O) groups is 2. The summed E-state index contributed by atoms with van der Waals surface area (Å²) >= 11 is 1.89. The Hall–Kier alpha value is -0.342. The quantitative estimate of drug-likeness (QED) is 0.241. The van der Waals surface area contributed by atoms with Gasteiger partial charge in [-0.25, -0.2) is 0 Å². The van der Waals surface area contributed by atoms with Crippen molar-refractivity contribution >= 4 is 34.5 Å². The average molecular weight is 536 g/mol. The number of ether oxygens (including phenoxy) is 2. The van der Waals surface area contributed by atoms with Crippen molar-refractivity contribution in [2.24, 2.45) is 0 Å². The van der Waals surface area contributed by atoms with Crippen LogP contribution in [-0.4, -0.2) is 25.7 Å². The standard InChI is InChI=1S/C7H8IO2.C5H9O2.W/c1-6(2)7(9)10-5-3-4-8;1-4(2)5(6)7-3;/h5H2,1-2H3;1-3H3;/q2*-1;+2. The summed E-state index contributed by atoms with van der Waals surface area (Å²) in [5.74, 6) is 3.43. The molecular formula is C12H17IO4W. The van der Waals surface area contributed by atoms with Gasteiger partial charge in [0.25, 0.3) is 0 Å². The normalized spacial score (nSPS) is 7.22. The first kappa shape index (κ1) is 22.8. The molecular weight excluding hydrogens is 519 g/mol. The zero-order chi connectivity index (χ0) is 13.8. The molecule has 0 rings (SSSR count). The molecule has 102 valence electrons. The van der Waals surface area contributed by atoms with E-state index in [2.05, 4.69) is 19.3 Å². The van der Waals surface area contributed by atoms with Crippen LogP contribution in [-0.2, 0) is 40.1 Å². The molecule has 6 heteroatoms. The predicted molar refractivity (Wildman–Crippen MR) is 74.0 cm³/mol. The van der Waals surface area contributed by atoms with Crippen molar-refractivity contribution in [1.29, 1.82) is 0 Å². The van der Waals surface area contributed by atoms with Crippen LogP contribution in [0.25, 0.3) is 0 Å². The van der Waals surface area contributed by atoms with Gasteiger partial charge in [-0.1, -0.05) is 5.92 Å². The second-order valence-electron chi connectivity index (χ2n) is 3.34. The van der Waals surface area contributed by atoms with Gasteiger partial charge in [-0.3, -0.25) is 21.4 Å². The monoisotopic (exact) mass is 536 g/mol. The molecule has 18 heavy (non-hydrogen) atoms. The van der Waals surface area contributed by atoms with E-state index in [0.29, 0.717) is 11.8 Å². The van der Waals surface area contributed by atoms with E-state index in [1.165, 1.54) is 7.11 Å². The largest absolute Gasteiger partial charge is 2.00 e. The molecule has 4 nitrogen and oxygen atoms in total. The van der Waals surface area contributed by atoms with Crippen LogP contribution in [0.15, 0.2) is 0 Å². The molecule has 0 saturated heterocycles. The first-order valence-electron chi connectivity index (χ1n) is 4.81. The zero-order valence-electron chi connectivity index (χ0n) is 11.1. The van der Waals surface area contributed by atoms with Crippen molar-refractivity contribution in [3.8, 4) is 9.85 Å². The molecule has 0 aliphatic rings. The minimum Gasteiger partial charge on any atom is -0.491 e. The number of methoxy groups -OCH3 is 1. The maximum atomic E-state index is 10.7. The van der Waals surface area contributed by atoms with Crippen molar-refractivity contribution in [2.75, 3.05) is 13.7 Å². The van der Waals surface area contributed by atoms with E-state index in [9.17, 15) is 9.59 Å². The van der Waals surface area contributed by atoms with Crippen molar-refractivity contribution in [3.05, 3.63) is 11.8 Å². The Labute approximate surface area is 137 Å². The van der Waals surface area contributed by atoms with Gasteiger partial charge in [0.1, 0.15) is 6.61 Å². The molecule has 0 fully saturated rings. The van der Waals surface area contributed by atoms with Crippen LogP contribution in [0.2, 0.25) is 0 Å². The second kappa shape index (κ2) is 14.7. The van der Waals surface area contributed by atoms with Gasteiger partial charge in [0, 0.05) is 22.6 Å². The number of rotatable bonds is 3. The molecule has 0 spiro atoms. The summed E-state index contributed by atoms with van der Waals surface area (Å²) in [5.41, 5.74) is 0. The maximum Gasteiger partial charge on any atom is 2.00 e. The van der Waals surface area contributed by atoms with Crippen molar-refractivity contribution in [2.45, 2.75) is 27.7 Å². The van der Waals surface area contributed by atoms with Gasteiger partial charge < -0.3 is 9.47 Å². The number of hydrogen-bond acceptors (Lipinski definition) is 4. The summed E-state index contributed by atoms with van der Waals surface area (Å²) in [5, 5.41) is 0. The van der Waals surface area contributed by atoms with E-state index in [0.717, 1.165) is 0 Å². The summed E-state index contributed by atoms with van der Waals surface area (Å²) in [6.45, 7) is 7.03. The summed E-state index contributed by atoms with van der Waals surface area (Å²) in [7, 11) is 1.37. The van der Waals surface area contributed by atoms with E-state index in [-0.39, 0.29) is 39.6 Å². The SMILES string of the molecule is COC(=O)[C-](C)C.C[C-](C)C(=O)OCC#CI.[W+2]. The summed E-state index contributed by atoms with van der Waals surface area (Å²) in [6, 6.07) is 0. The first-order valence-corrected chi connectivity index (χ1v) is 5.88. The summed E-state index contributed by atoms with van der Waals surface area (Å²) in [6.07, 6.45) is 0. The summed E-state index contributed by atoms with van der Waals surface area (Å²) in [4.78, 5) is 20.9. The van der Waals surface area contributed by atoms with E-state index >= 15 is 0 Å². The van der Waals surface area contributed by atoms with Gasteiger partial charge >= 0.3 is 21.1 Å². The summed E-state index contributed by atoms with van der Waals surface area (Å²) < 4.78 is 11.6.